The summed E-state index contributed by atoms with van der Waals surface area (Å²) in [7, 11) is 0. The molecule has 1 heterocycles. The molecule has 1 aliphatic rings. The van der Waals surface area contributed by atoms with Crippen LogP contribution >= 0.6 is 0 Å². The van der Waals surface area contributed by atoms with E-state index in [4.69, 9.17) is 0 Å². The normalized spacial score (nSPS) is 16.6. The third-order valence-electron chi connectivity index (χ3n) is 3.72. The molecule has 2 rings (SSSR count). The Balaban J connectivity index is 1.91. The van der Waals surface area contributed by atoms with Crippen molar-refractivity contribution in [3.63, 3.8) is 0 Å². The number of phenolic OH excluding ortho intramolecular Hbond substituents is 1. The van der Waals surface area contributed by atoms with E-state index in [1.165, 1.54) is 0 Å². The molecule has 1 aliphatic heterocycles. The predicted molar refractivity (Wildman–Crippen MR) is 75.3 cm³/mol. The number of para-hydroxylation sites is 1. The van der Waals surface area contributed by atoms with Crippen molar-refractivity contribution in [1.82, 2.24) is 10.2 Å². The van der Waals surface area contributed by atoms with E-state index in [9.17, 15) is 9.90 Å². The first-order chi connectivity index (χ1) is 9.22. The summed E-state index contributed by atoms with van der Waals surface area (Å²) in [5.74, 6) is 0.677. The lowest BCUT2D eigenvalue weighted by molar-refractivity contribution is 0.0687. The van der Waals surface area contributed by atoms with Gasteiger partial charge in [0.25, 0.3) is 5.91 Å². The minimum Gasteiger partial charge on any atom is -0.507 e. The standard InChI is InChI=1S/C15H22N2O2/c1-2-16-11-12-7-9-17(10-8-12)15(19)13-5-3-4-6-14(13)18/h3-6,12,16,18H,2,7-11H2,1H3. The number of carbonyl (C=O) groups excluding carboxylic acids is 1. The van der Waals surface area contributed by atoms with E-state index in [2.05, 4.69) is 12.2 Å². The first kappa shape index (κ1) is 13.9. The van der Waals surface area contributed by atoms with Gasteiger partial charge in [0.05, 0.1) is 5.56 Å². The minimum atomic E-state index is -0.0556. The van der Waals surface area contributed by atoms with Gasteiger partial charge in [-0.05, 0) is 44.0 Å². The SMILES string of the molecule is CCNCC1CCN(C(=O)c2ccccc2O)CC1. The quantitative estimate of drug-likeness (QED) is 0.870. The van der Waals surface area contributed by atoms with E-state index < -0.39 is 0 Å². The van der Waals surface area contributed by atoms with E-state index in [-0.39, 0.29) is 11.7 Å². The zero-order valence-electron chi connectivity index (χ0n) is 11.4. The van der Waals surface area contributed by atoms with Crippen molar-refractivity contribution >= 4 is 5.91 Å². The van der Waals surface area contributed by atoms with Crippen molar-refractivity contribution in [3.05, 3.63) is 29.8 Å². The summed E-state index contributed by atoms with van der Waals surface area (Å²) in [4.78, 5) is 14.1. The van der Waals surface area contributed by atoms with Gasteiger partial charge in [0.1, 0.15) is 5.75 Å². The summed E-state index contributed by atoms with van der Waals surface area (Å²) >= 11 is 0. The van der Waals surface area contributed by atoms with E-state index in [1.807, 2.05) is 4.90 Å². The number of hydrogen-bond donors (Lipinski definition) is 2. The molecule has 4 nitrogen and oxygen atoms in total. The van der Waals surface area contributed by atoms with Crippen molar-refractivity contribution in [2.75, 3.05) is 26.2 Å². The molecule has 1 amide bonds. The Morgan fingerprint density at radius 1 is 1.37 bits per heavy atom. The zero-order valence-corrected chi connectivity index (χ0v) is 11.4. The van der Waals surface area contributed by atoms with Gasteiger partial charge in [-0.25, -0.2) is 0 Å². The van der Waals surface area contributed by atoms with Crippen molar-refractivity contribution in [2.24, 2.45) is 5.92 Å². The molecule has 1 aromatic rings. The highest BCUT2D eigenvalue weighted by Crippen LogP contribution is 2.22. The molecule has 2 N–H and O–H groups in total. The Morgan fingerprint density at radius 3 is 2.68 bits per heavy atom. The van der Waals surface area contributed by atoms with Gasteiger partial charge in [-0.3, -0.25) is 4.79 Å². The largest absolute Gasteiger partial charge is 0.507 e. The summed E-state index contributed by atoms with van der Waals surface area (Å²) in [6.07, 6.45) is 2.07. The molecular formula is C15H22N2O2. The topological polar surface area (TPSA) is 52.6 Å². The molecule has 0 aliphatic carbocycles. The van der Waals surface area contributed by atoms with Crippen molar-refractivity contribution in [1.29, 1.82) is 0 Å². The highest BCUT2D eigenvalue weighted by molar-refractivity contribution is 5.96. The Labute approximate surface area is 114 Å². The van der Waals surface area contributed by atoms with Gasteiger partial charge in [-0.2, -0.15) is 0 Å². The number of rotatable bonds is 4. The molecule has 0 saturated carbocycles. The van der Waals surface area contributed by atoms with Crippen LogP contribution in [0.5, 0.6) is 5.75 Å². The van der Waals surface area contributed by atoms with Crippen LogP contribution in [0.25, 0.3) is 0 Å². The van der Waals surface area contributed by atoms with Gasteiger partial charge in [-0.15, -0.1) is 0 Å². The summed E-state index contributed by atoms with van der Waals surface area (Å²) in [6, 6.07) is 6.76. The number of nitrogens with zero attached hydrogens (tertiary/aromatic N) is 1. The van der Waals surface area contributed by atoms with Crippen LogP contribution in [0.1, 0.15) is 30.1 Å². The zero-order chi connectivity index (χ0) is 13.7. The molecule has 4 heteroatoms. The summed E-state index contributed by atoms with van der Waals surface area (Å²) < 4.78 is 0. The fraction of sp³-hybridized carbons (Fsp3) is 0.533. The highest BCUT2D eigenvalue weighted by atomic mass is 16.3. The molecule has 0 radical (unpaired) electrons. The summed E-state index contributed by atoms with van der Waals surface area (Å²) in [5.41, 5.74) is 0.410. The number of aromatic hydroxyl groups is 1. The van der Waals surface area contributed by atoms with Crippen LogP contribution in [0.15, 0.2) is 24.3 Å². The van der Waals surface area contributed by atoms with Gasteiger partial charge < -0.3 is 15.3 Å². The van der Waals surface area contributed by atoms with Gasteiger partial charge >= 0.3 is 0 Å². The molecule has 0 spiro atoms. The second kappa shape index (κ2) is 6.57. The third-order valence-corrected chi connectivity index (χ3v) is 3.72. The number of carbonyl (C=O) groups is 1. The first-order valence-electron chi connectivity index (χ1n) is 7.00. The van der Waals surface area contributed by atoms with Crippen LogP contribution in [-0.2, 0) is 0 Å². The Bertz CT molecular complexity index is 426. The van der Waals surface area contributed by atoms with Crippen molar-refractivity contribution < 1.29 is 9.90 Å². The minimum absolute atomic E-state index is 0.0556. The Kier molecular flexibility index (Phi) is 4.80. The lowest BCUT2D eigenvalue weighted by atomic mass is 9.96. The van der Waals surface area contributed by atoms with Crippen LogP contribution in [0, 0.1) is 5.92 Å². The lowest BCUT2D eigenvalue weighted by Crippen LogP contribution is -2.40. The third kappa shape index (κ3) is 3.47. The second-order valence-electron chi connectivity index (χ2n) is 5.06. The first-order valence-corrected chi connectivity index (χ1v) is 7.00. The van der Waals surface area contributed by atoms with Crippen LogP contribution in [0.2, 0.25) is 0 Å². The van der Waals surface area contributed by atoms with Crippen LogP contribution in [-0.4, -0.2) is 42.1 Å². The fourth-order valence-corrected chi connectivity index (χ4v) is 2.51. The lowest BCUT2D eigenvalue weighted by Gasteiger charge is -2.32. The predicted octanol–water partition coefficient (Wildman–Crippen LogP) is 1.85. The number of likely N-dealkylation sites (tertiary alicyclic amines) is 1. The maximum Gasteiger partial charge on any atom is 0.257 e. The van der Waals surface area contributed by atoms with Gasteiger partial charge in [0, 0.05) is 13.1 Å². The van der Waals surface area contributed by atoms with E-state index in [0.29, 0.717) is 11.5 Å². The number of piperidine rings is 1. The van der Waals surface area contributed by atoms with Crippen LogP contribution < -0.4 is 5.32 Å². The monoisotopic (exact) mass is 262 g/mol. The molecule has 1 fully saturated rings. The average molecular weight is 262 g/mol. The number of amides is 1. The molecule has 1 aromatic carbocycles. The van der Waals surface area contributed by atoms with Crippen molar-refractivity contribution in [2.45, 2.75) is 19.8 Å². The van der Waals surface area contributed by atoms with Gasteiger partial charge in [0.15, 0.2) is 0 Å². The molecular weight excluding hydrogens is 240 g/mol. The van der Waals surface area contributed by atoms with E-state index in [1.54, 1.807) is 24.3 Å². The highest BCUT2D eigenvalue weighted by Gasteiger charge is 2.24. The molecule has 1 saturated heterocycles. The molecule has 104 valence electrons. The second-order valence-corrected chi connectivity index (χ2v) is 5.06. The molecule has 0 bridgehead atoms. The smallest absolute Gasteiger partial charge is 0.257 e. The maximum absolute atomic E-state index is 12.3. The number of hydrogen-bond acceptors (Lipinski definition) is 3. The van der Waals surface area contributed by atoms with E-state index >= 15 is 0 Å². The average Bonchev–Trinajstić information content (AvgIpc) is 2.45. The maximum atomic E-state index is 12.3. The van der Waals surface area contributed by atoms with Gasteiger partial charge in [0.2, 0.25) is 0 Å². The van der Waals surface area contributed by atoms with Crippen LogP contribution in [0.3, 0.4) is 0 Å². The van der Waals surface area contributed by atoms with E-state index in [0.717, 1.165) is 39.0 Å². The number of benzene rings is 1. The Hall–Kier alpha value is -1.55. The summed E-state index contributed by atoms with van der Waals surface area (Å²) in [6.45, 7) is 5.70. The summed E-state index contributed by atoms with van der Waals surface area (Å²) in [5, 5.41) is 13.1. The van der Waals surface area contributed by atoms with Gasteiger partial charge in [-0.1, -0.05) is 19.1 Å². The molecule has 0 unspecified atom stereocenters. The Morgan fingerprint density at radius 2 is 2.05 bits per heavy atom. The molecule has 19 heavy (non-hydrogen) atoms. The van der Waals surface area contributed by atoms with Crippen molar-refractivity contribution in [3.8, 4) is 5.75 Å². The van der Waals surface area contributed by atoms with Crippen LogP contribution in [0.4, 0.5) is 0 Å². The number of phenols is 1. The molecule has 0 atom stereocenters. The number of nitrogens with one attached hydrogen (secondary N) is 1. The fourth-order valence-electron chi connectivity index (χ4n) is 2.51. The molecule has 0 aromatic heterocycles.